The molecule has 1 amide bonds. The quantitative estimate of drug-likeness (QED) is 0.608. The van der Waals surface area contributed by atoms with Crippen molar-refractivity contribution in [3.05, 3.63) is 58.6 Å². The Morgan fingerprint density at radius 1 is 1.14 bits per heavy atom. The summed E-state index contributed by atoms with van der Waals surface area (Å²) in [7, 11) is 0. The molecule has 5 heteroatoms. The van der Waals surface area contributed by atoms with Gasteiger partial charge in [-0.25, -0.2) is 4.98 Å². The molecule has 1 aromatic heterocycles. The SMILES string of the molecule is CC(C)c1nc2ccc(NCc3cccc(C(=O)N4CCCCC4)c3)cc2s1. The van der Waals surface area contributed by atoms with Crippen LogP contribution in [0.25, 0.3) is 10.2 Å². The van der Waals surface area contributed by atoms with E-state index in [0.29, 0.717) is 12.5 Å². The normalized spacial score (nSPS) is 14.6. The van der Waals surface area contributed by atoms with Crippen molar-refractivity contribution in [2.75, 3.05) is 18.4 Å². The molecule has 4 nitrogen and oxygen atoms in total. The zero-order valence-corrected chi connectivity index (χ0v) is 17.4. The van der Waals surface area contributed by atoms with Crippen LogP contribution < -0.4 is 5.32 Å². The third-order valence-corrected chi connectivity index (χ3v) is 6.53. The molecule has 2 heterocycles. The minimum Gasteiger partial charge on any atom is -0.381 e. The molecule has 1 saturated heterocycles. The molecule has 0 radical (unpaired) electrons. The molecule has 1 aliphatic rings. The summed E-state index contributed by atoms with van der Waals surface area (Å²) >= 11 is 1.76. The summed E-state index contributed by atoms with van der Waals surface area (Å²) in [6.07, 6.45) is 3.47. The standard InChI is InChI=1S/C23H27N3OS/c1-16(2)22-25-20-10-9-19(14-21(20)28-22)24-15-17-7-6-8-18(13-17)23(27)26-11-4-3-5-12-26/h6-10,13-14,16,24H,3-5,11-12,15H2,1-2H3. The van der Waals surface area contributed by atoms with Crippen LogP contribution in [0.2, 0.25) is 0 Å². The Hall–Kier alpha value is -2.40. The molecule has 0 spiro atoms. The highest BCUT2D eigenvalue weighted by Crippen LogP contribution is 2.29. The number of likely N-dealkylation sites (tertiary alicyclic amines) is 1. The number of hydrogen-bond acceptors (Lipinski definition) is 4. The predicted molar refractivity (Wildman–Crippen MR) is 117 cm³/mol. The number of piperidine rings is 1. The van der Waals surface area contributed by atoms with Crippen molar-refractivity contribution in [3.8, 4) is 0 Å². The zero-order valence-electron chi connectivity index (χ0n) is 16.6. The van der Waals surface area contributed by atoms with Gasteiger partial charge in [0.15, 0.2) is 0 Å². The van der Waals surface area contributed by atoms with Gasteiger partial charge < -0.3 is 10.2 Å². The first-order valence-electron chi connectivity index (χ1n) is 10.1. The fourth-order valence-electron chi connectivity index (χ4n) is 3.60. The number of benzene rings is 2. The third kappa shape index (κ3) is 4.20. The average Bonchev–Trinajstić information content (AvgIpc) is 3.16. The second-order valence-electron chi connectivity index (χ2n) is 7.80. The smallest absolute Gasteiger partial charge is 0.253 e. The van der Waals surface area contributed by atoms with Crippen molar-refractivity contribution in [3.63, 3.8) is 0 Å². The summed E-state index contributed by atoms with van der Waals surface area (Å²) < 4.78 is 1.21. The highest BCUT2D eigenvalue weighted by Gasteiger charge is 2.18. The number of anilines is 1. The molecule has 1 fully saturated rings. The number of amides is 1. The van der Waals surface area contributed by atoms with Gasteiger partial charge in [0, 0.05) is 36.8 Å². The molecular formula is C23H27N3OS. The molecule has 0 bridgehead atoms. The van der Waals surface area contributed by atoms with Gasteiger partial charge in [0.05, 0.1) is 15.2 Å². The Labute approximate surface area is 170 Å². The number of nitrogens with one attached hydrogen (secondary N) is 1. The number of thiazole rings is 1. The van der Waals surface area contributed by atoms with Crippen LogP contribution in [0.3, 0.4) is 0 Å². The van der Waals surface area contributed by atoms with E-state index in [-0.39, 0.29) is 5.91 Å². The average molecular weight is 394 g/mol. The molecule has 0 unspecified atom stereocenters. The zero-order chi connectivity index (χ0) is 19.5. The minimum absolute atomic E-state index is 0.161. The molecular weight excluding hydrogens is 366 g/mol. The minimum atomic E-state index is 0.161. The first-order chi connectivity index (χ1) is 13.6. The first-order valence-corrected chi connectivity index (χ1v) is 10.9. The number of hydrogen-bond donors (Lipinski definition) is 1. The maximum absolute atomic E-state index is 12.7. The van der Waals surface area contributed by atoms with Gasteiger partial charge in [-0.1, -0.05) is 26.0 Å². The van der Waals surface area contributed by atoms with E-state index in [4.69, 9.17) is 4.98 Å². The van der Waals surface area contributed by atoms with Crippen molar-refractivity contribution in [1.82, 2.24) is 9.88 Å². The van der Waals surface area contributed by atoms with Crippen LogP contribution in [0.4, 0.5) is 5.69 Å². The van der Waals surface area contributed by atoms with E-state index < -0.39 is 0 Å². The molecule has 0 atom stereocenters. The highest BCUT2D eigenvalue weighted by molar-refractivity contribution is 7.18. The fraction of sp³-hybridized carbons (Fsp3) is 0.391. The van der Waals surface area contributed by atoms with Crippen molar-refractivity contribution < 1.29 is 4.79 Å². The topological polar surface area (TPSA) is 45.2 Å². The van der Waals surface area contributed by atoms with Gasteiger partial charge in [0.2, 0.25) is 0 Å². The number of nitrogens with zero attached hydrogens (tertiary/aromatic N) is 2. The van der Waals surface area contributed by atoms with Crippen LogP contribution in [0.5, 0.6) is 0 Å². The summed E-state index contributed by atoms with van der Waals surface area (Å²) in [5, 5.41) is 4.67. The predicted octanol–water partition coefficient (Wildman–Crippen LogP) is 5.66. The van der Waals surface area contributed by atoms with E-state index in [9.17, 15) is 4.79 Å². The Bertz CT molecular complexity index is 973. The molecule has 146 valence electrons. The number of carbonyl (C=O) groups excluding carboxylic acids is 1. The fourth-order valence-corrected chi connectivity index (χ4v) is 4.61. The van der Waals surface area contributed by atoms with Crippen LogP contribution in [0.1, 0.15) is 60.0 Å². The van der Waals surface area contributed by atoms with E-state index in [2.05, 4.69) is 43.4 Å². The first kappa shape index (κ1) is 18.9. The second-order valence-corrected chi connectivity index (χ2v) is 8.86. The molecule has 1 N–H and O–H groups in total. The maximum atomic E-state index is 12.7. The van der Waals surface area contributed by atoms with Crippen LogP contribution in [-0.4, -0.2) is 28.9 Å². The monoisotopic (exact) mass is 393 g/mol. The summed E-state index contributed by atoms with van der Waals surface area (Å²) in [6, 6.07) is 14.3. The number of fused-ring (bicyclic) bond motifs is 1. The largest absolute Gasteiger partial charge is 0.381 e. The van der Waals surface area contributed by atoms with Gasteiger partial charge in [0.25, 0.3) is 5.91 Å². The van der Waals surface area contributed by atoms with Crippen molar-refractivity contribution >= 4 is 33.1 Å². The maximum Gasteiger partial charge on any atom is 0.253 e. The molecule has 1 aliphatic heterocycles. The van der Waals surface area contributed by atoms with Crippen LogP contribution >= 0.6 is 11.3 Å². The molecule has 4 rings (SSSR count). The summed E-state index contributed by atoms with van der Waals surface area (Å²) in [4.78, 5) is 19.4. The second kappa shape index (κ2) is 8.31. The number of aromatic nitrogens is 1. The van der Waals surface area contributed by atoms with E-state index >= 15 is 0 Å². The Kier molecular flexibility index (Phi) is 5.62. The van der Waals surface area contributed by atoms with E-state index in [1.54, 1.807) is 11.3 Å². The number of rotatable bonds is 5. The van der Waals surface area contributed by atoms with Crippen LogP contribution in [0.15, 0.2) is 42.5 Å². The van der Waals surface area contributed by atoms with Gasteiger partial charge in [-0.15, -0.1) is 11.3 Å². The molecule has 2 aromatic carbocycles. The van der Waals surface area contributed by atoms with Crippen molar-refractivity contribution in [2.45, 2.75) is 45.6 Å². The lowest BCUT2D eigenvalue weighted by molar-refractivity contribution is 0.0724. The summed E-state index contributed by atoms with van der Waals surface area (Å²) in [5.74, 6) is 0.614. The third-order valence-electron chi connectivity index (χ3n) is 5.21. The molecule has 0 aliphatic carbocycles. The summed E-state index contributed by atoms with van der Waals surface area (Å²) in [6.45, 7) is 6.82. The Morgan fingerprint density at radius 2 is 1.96 bits per heavy atom. The molecule has 28 heavy (non-hydrogen) atoms. The van der Waals surface area contributed by atoms with Gasteiger partial charge in [-0.05, 0) is 55.2 Å². The highest BCUT2D eigenvalue weighted by atomic mass is 32.1. The van der Waals surface area contributed by atoms with Gasteiger partial charge in [-0.3, -0.25) is 4.79 Å². The molecule has 3 aromatic rings. The van der Waals surface area contributed by atoms with E-state index in [0.717, 1.165) is 48.3 Å². The van der Waals surface area contributed by atoms with Crippen molar-refractivity contribution in [2.24, 2.45) is 0 Å². The van der Waals surface area contributed by atoms with Gasteiger partial charge >= 0.3 is 0 Å². The van der Waals surface area contributed by atoms with E-state index in [1.165, 1.54) is 16.1 Å². The van der Waals surface area contributed by atoms with E-state index in [1.807, 2.05) is 23.1 Å². The lowest BCUT2D eigenvalue weighted by Crippen LogP contribution is -2.35. The van der Waals surface area contributed by atoms with Crippen molar-refractivity contribution in [1.29, 1.82) is 0 Å². The Morgan fingerprint density at radius 3 is 2.75 bits per heavy atom. The van der Waals surface area contributed by atoms with Gasteiger partial charge in [-0.2, -0.15) is 0 Å². The van der Waals surface area contributed by atoms with Crippen LogP contribution in [0, 0.1) is 0 Å². The Balaban J connectivity index is 1.44. The van der Waals surface area contributed by atoms with Crippen LogP contribution in [-0.2, 0) is 6.54 Å². The van der Waals surface area contributed by atoms with Gasteiger partial charge in [0.1, 0.15) is 0 Å². The lowest BCUT2D eigenvalue weighted by Gasteiger charge is -2.26. The summed E-state index contributed by atoms with van der Waals surface area (Å²) in [5.41, 5.74) is 4.06. The lowest BCUT2D eigenvalue weighted by atomic mass is 10.1. The molecule has 0 saturated carbocycles. The number of carbonyl (C=O) groups is 1.